The lowest BCUT2D eigenvalue weighted by molar-refractivity contribution is 0.571. The minimum Gasteiger partial charge on any atom is -0.362 e. The second-order valence-electron chi connectivity index (χ2n) is 5.20. The van der Waals surface area contributed by atoms with E-state index in [1.54, 1.807) is 0 Å². The lowest BCUT2D eigenvalue weighted by atomic mass is 10.1. The molecule has 0 spiro atoms. The zero-order chi connectivity index (χ0) is 14.2. The molecule has 106 valence electrons. The lowest BCUT2D eigenvalue weighted by Crippen LogP contribution is -2.32. The second kappa shape index (κ2) is 5.18. The molecule has 0 aliphatic carbocycles. The van der Waals surface area contributed by atoms with Gasteiger partial charge in [0.25, 0.3) is 0 Å². The van der Waals surface area contributed by atoms with Crippen LogP contribution in [0.2, 0.25) is 0 Å². The molecule has 1 aromatic heterocycles. The zero-order valence-electron chi connectivity index (χ0n) is 11.0. The number of hydrogen-bond acceptors (Lipinski definition) is 3. The minimum absolute atomic E-state index is 0.166. The Bertz CT molecular complexity index is 749. The summed E-state index contributed by atoms with van der Waals surface area (Å²) in [5, 5.41) is 4.95. The molecule has 2 aromatic rings. The molecule has 4 nitrogen and oxygen atoms in total. The molecule has 1 saturated heterocycles. The summed E-state index contributed by atoms with van der Waals surface area (Å²) in [6.07, 6.45) is 2.66. The van der Waals surface area contributed by atoms with Gasteiger partial charge in [0.15, 0.2) is 14.9 Å². The highest BCUT2D eigenvalue weighted by molar-refractivity contribution is 7.91. The maximum absolute atomic E-state index is 11.4. The maximum Gasteiger partial charge on any atom is 0.177 e. The van der Waals surface area contributed by atoms with Gasteiger partial charge in [-0.2, -0.15) is 0 Å². The third kappa shape index (κ3) is 2.71. The van der Waals surface area contributed by atoms with E-state index in [1.807, 2.05) is 41.1 Å². The summed E-state index contributed by atoms with van der Waals surface area (Å²) in [6.45, 7) is 0.616. The van der Waals surface area contributed by atoms with Crippen molar-refractivity contribution in [2.24, 2.45) is 5.92 Å². The first kappa shape index (κ1) is 13.6. The quantitative estimate of drug-likeness (QED) is 0.860. The van der Waals surface area contributed by atoms with Crippen molar-refractivity contribution in [2.75, 3.05) is 18.1 Å². The number of fused-ring (bicyclic) bond motifs is 1. The first-order valence-corrected chi connectivity index (χ1v) is 8.83. The van der Waals surface area contributed by atoms with E-state index in [0.717, 1.165) is 17.3 Å². The molecule has 0 saturated carbocycles. The van der Waals surface area contributed by atoms with Gasteiger partial charge in [-0.1, -0.05) is 18.2 Å². The summed E-state index contributed by atoms with van der Waals surface area (Å²) < 4.78 is 24.8. The largest absolute Gasteiger partial charge is 0.362 e. The molecule has 1 aliphatic rings. The average molecular weight is 308 g/mol. The van der Waals surface area contributed by atoms with E-state index in [2.05, 4.69) is 5.32 Å². The molecule has 1 N–H and O–H groups in total. The fourth-order valence-corrected chi connectivity index (χ4v) is 4.71. The Morgan fingerprint density at radius 2 is 2.15 bits per heavy atom. The summed E-state index contributed by atoms with van der Waals surface area (Å²) >= 11 is 5.40. The molecule has 1 atom stereocenters. The van der Waals surface area contributed by atoms with Crippen LogP contribution in [0, 0.1) is 5.92 Å². The topological polar surface area (TPSA) is 51.1 Å². The second-order valence-corrected chi connectivity index (χ2v) is 7.82. The molecule has 0 amide bonds. The SMILES string of the molecule is O=S1(=O)CCC(CNC(=S)n2ccc3ccccc32)C1. The fourth-order valence-electron chi connectivity index (χ4n) is 2.61. The van der Waals surface area contributed by atoms with Crippen LogP contribution < -0.4 is 5.32 Å². The van der Waals surface area contributed by atoms with Gasteiger partial charge in [0.1, 0.15) is 0 Å². The third-order valence-electron chi connectivity index (χ3n) is 3.69. The summed E-state index contributed by atoms with van der Waals surface area (Å²) in [7, 11) is -2.82. The number of rotatable bonds is 2. The smallest absolute Gasteiger partial charge is 0.177 e. The molecule has 3 rings (SSSR count). The molecule has 0 radical (unpaired) electrons. The third-order valence-corrected chi connectivity index (χ3v) is 5.86. The van der Waals surface area contributed by atoms with Crippen molar-refractivity contribution < 1.29 is 8.42 Å². The molecule has 1 aliphatic heterocycles. The number of thiocarbonyl (C=S) groups is 1. The summed E-state index contributed by atoms with van der Waals surface area (Å²) in [5.41, 5.74) is 1.06. The normalized spacial score (nSPS) is 21.1. The van der Waals surface area contributed by atoms with Gasteiger partial charge in [-0.25, -0.2) is 8.42 Å². The van der Waals surface area contributed by atoms with E-state index >= 15 is 0 Å². The highest BCUT2D eigenvalue weighted by Crippen LogP contribution is 2.18. The summed E-state index contributed by atoms with van der Waals surface area (Å²) in [5.74, 6) is 0.743. The number of para-hydroxylation sites is 1. The van der Waals surface area contributed by atoms with Crippen LogP contribution in [-0.2, 0) is 9.84 Å². The Morgan fingerprint density at radius 3 is 2.90 bits per heavy atom. The predicted octanol–water partition coefficient (Wildman–Crippen LogP) is 1.80. The van der Waals surface area contributed by atoms with Crippen molar-refractivity contribution in [1.29, 1.82) is 0 Å². The Labute approximate surface area is 123 Å². The number of nitrogens with one attached hydrogen (secondary N) is 1. The summed E-state index contributed by atoms with van der Waals surface area (Å²) in [4.78, 5) is 0. The van der Waals surface area contributed by atoms with Gasteiger partial charge < -0.3 is 5.32 Å². The maximum atomic E-state index is 11.4. The van der Waals surface area contributed by atoms with Crippen LogP contribution >= 0.6 is 12.2 Å². The van der Waals surface area contributed by atoms with Crippen LogP contribution in [0.4, 0.5) is 0 Å². The number of sulfone groups is 1. The predicted molar refractivity (Wildman–Crippen MR) is 84.7 cm³/mol. The highest BCUT2D eigenvalue weighted by Gasteiger charge is 2.27. The van der Waals surface area contributed by atoms with Gasteiger partial charge in [-0.15, -0.1) is 0 Å². The van der Waals surface area contributed by atoms with E-state index in [1.165, 1.54) is 0 Å². The van der Waals surface area contributed by atoms with Gasteiger partial charge in [-0.3, -0.25) is 4.57 Å². The first-order valence-electron chi connectivity index (χ1n) is 6.60. The first-order chi connectivity index (χ1) is 9.55. The van der Waals surface area contributed by atoms with Crippen LogP contribution in [0.5, 0.6) is 0 Å². The van der Waals surface area contributed by atoms with Crippen molar-refractivity contribution in [2.45, 2.75) is 6.42 Å². The van der Waals surface area contributed by atoms with Crippen molar-refractivity contribution in [3.63, 3.8) is 0 Å². The average Bonchev–Trinajstić information content (AvgIpc) is 2.99. The highest BCUT2D eigenvalue weighted by atomic mass is 32.2. The monoisotopic (exact) mass is 308 g/mol. The Morgan fingerprint density at radius 1 is 1.35 bits per heavy atom. The van der Waals surface area contributed by atoms with Gasteiger partial charge in [0.2, 0.25) is 0 Å². The molecular formula is C14H16N2O2S2. The number of benzene rings is 1. The van der Waals surface area contributed by atoms with Crippen LogP contribution in [-0.4, -0.2) is 36.1 Å². The minimum atomic E-state index is -2.82. The van der Waals surface area contributed by atoms with Gasteiger partial charge in [-0.05, 0) is 36.7 Å². The molecular weight excluding hydrogens is 292 g/mol. The van der Waals surface area contributed by atoms with Crippen LogP contribution in [0.1, 0.15) is 6.42 Å². The van der Waals surface area contributed by atoms with Crippen LogP contribution in [0.3, 0.4) is 0 Å². The van der Waals surface area contributed by atoms with Gasteiger partial charge in [0.05, 0.1) is 17.0 Å². The van der Waals surface area contributed by atoms with Crippen LogP contribution in [0.15, 0.2) is 36.5 Å². The number of nitrogens with zero attached hydrogens (tertiary/aromatic N) is 1. The standard InChI is InChI=1S/C14H16N2O2S2/c17-20(18)8-6-11(10-20)9-15-14(19)16-7-5-12-3-1-2-4-13(12)16/h1-5,7,11H,6,8-10H2,(H,15,19). The molecule has 0 bridgehead atoms. The lowest BCUT2D eigenvalue weighted by Gasteiger charge is -2.13. The van der Waals surface area contributed by atoms with Crippen molar-refractivity contribution >= 4 is 38.1 Å². The molecule has 6 heteroatoms. The van der Waals surface area contributed by atoms with E-state index < -0.39 is 9.84 Å². The zero-order valence-corrected chi connectivity index (χ0v) is 12.6. The molecule has 1 fully saturated rings. The number of hydrogen-bond donors (Lipinski definition) is 1. The van der Waals surface area contributed by atoms with Crippen LogP contribution in [0.25, 0.3) is 10.9 Å². The molecule has 20 heavy (non-hydrogen) atoms. The Hall–Kier alpha value is -1.40. The van der Waals surface area contributed by atoms with Crippen molar-refractivity contribution in [3.05, 3.63) is 36.5 Å². The molecule has 1 aromatic carbocycles. The van der Waals surface area contributed by atoms with Crippen molar-refractivity contribution in [1.82, 2.24) is 9.88 Å². The Balaban J connectivity index is 1.68. The summed E-state index contributed by atoms with van der Waals surface area (Å²) in [6, 6.07) is 10.0. The number of aromatic nitrogens is 1. The van der Waals surface area contributed by atoms with E-state index in [9.17, 15) is 8.42 Å². The van der Waals surface area contributed by atoms with E-state index in [-0.39, 0.29) is 11.7 Å². The fraction of sp³-hybridized carbons (Fsp3) is 0.357. The van der Waals surface area contributed by atoms with Gasteiger partial charge >= 0.3 is 0 Å². The van der Waals surface area contributed by atoms with Gasteiger partial charge in [0, 0.05) is 18.1 Å². The van der Waals surface area contributed by atoms with E-state index in [0.29, 0.717) is 17.4 Å². The van der Waals surface area contributed by atoms with Crippen molar-refractivity contribution in [3.8, 4) is 0 Å². The molecule has 2 heterocycles. The van der Waals surface area contributed by atoms with E-state index in [4.69, 9.17) is 12.2 Å². The molecule has 1 unspecified atom stereocenters. The Kier molecular flexibility index (Phi) is 3.52.